The summed E-state index contributed by atoms with van der Waals surface area (Å²) in [5.41, 5.74) is 1.52. The van der Waals surface area contributed by atoms with Gasteiger partial charge in [0.1, 0.15) is 5.75 Å². The Hall–Kier alpha value is -1.22. The highest BCUT2D eigenvalue weighted by Gasteiger charge is 2.29. The Labute approximate surface area is 110 Å². The molecule has 0 radical (unpaired) electrons. The molecule has 0 spiro atoms. The van der Waals surface area contributed by atoms with E-state index in [2.05, 4.69) is 42.4 Å². The van der Waals surface area contributed by atoms with Crippen molar-refractivity contribution < 1.29 is 4.74 Å². The molecule has 3 nitrogen and oxygen atoms in total. The largest absolute Gasteiger partial charge is 0.492 e. The van der Waals surface area contributed by atoms with E-state index in [0.717, 1.165) is 25.4 Å². The number of anilines is 1. The molecule has 1 aromatic carbocycles. The van der Waals surface area contributed by atoms with E-state index in [0.29, 0.717) is 0 Å². The Bertz CT molecular complexity index is 384. The maximum Gasteiger partial charge on any atom is 0.142 e. The lowest BCUT2D eigenvalue weighted by Crippen LogP contribution is -2.50. The number of hydrogen-bond donors (Lipinski definition) is 1. The third-order valence-electron chi connectivity index (χ3n) is 3.98. The quantitative estimate of drug-likeness (QED) is 0.886. The number of benzene rings is 1. The molecule has 1 aliphatic rings. The van der Waals surface area contributed by atoms with Crippen LogP contribution in [0.15, 0.2) is 24.3 Å². The first-order valence-electron chi connectivity index (χ1n) is 6.84. The van der Waals surface area contributed by atoms with E-state index in [-0.39, 0.29) is 5.54 Å². The fourth-order valence-corrected chi connectivity index (χ4v) is 2.49. The van der Waals surface area contributed by atoms with Crippen LogP contribution in [-0.2, 0) is 0 Å². The van der Waals surface area contributed by atoms with Crippen molar-refractivity contribution in [2.24, 2.45) is 0 Å². The van der Waals surface area contributed by atoms with E-state index in [1.54, 1.807) is 0 Å². The molecule has 0 saturated carbocycles. The fourth-order valence-electron chi connectivity index (χ4n) is 2.49. The molecule has 0 bridgehead atoms. The average molecular weight is 248 g/mol. The Morgan fingerprint density at radius 1 is 1.28 bits per heavy atom. The van der Waals surface area contributed by atoms with E-state index in [4.69, 9.17) is 4.74 Å². The van der Waals surface area contributed by atoms with Gasteiger partial charge in [0.25, 0.3) is 0 Å². The zero-order valence-electron chi connectivity index (χ0n) is 11.7. The maximum absolute atomic E-state index is 5.71. The van der Waals surface area contributed by atoms with E-state index in [9.17, 15) is 0 Å². The predicted octanol–water partition coefficient (Wildman–Crippen LogP) is 2.66. The van der Waals surface area contributed by atoms with Gasteiger partial charge in [-0.2, -0.15) is 0 Å². The van der Waals surface area contributed by atoms with Crippen LogP contribution in [-0.4, -0.2) is 32.3 Å². The summed E-state index contributed by atoms with van der Waals surface area (Å²) in [7, 11) is 2.06. The van der Waals surface area contributed by atoms with Gasteiger partial charge in [0.15, 0.2) is 0 Å². The summed E-state index contributed by atoms with van der Waals surface area (Å²) in [5, 5.41) is 3.43. The van der Waals surface area contributed by atoms with Crippen LogP contribution >= 0.6 is 0 Å². The van der Waals surface area contributed by atoms with Crippen molar-refractivity contribution in [3.63, 3.8) is 0 Å². The first kappa shape index (κ1) is 13.2. The molecule has 1 fully saturated rings. The highest BCUT2D eigenvalue weighted by Crippen LogP contribution is 2.32. The minimum atomic E-state index is 0.289. The number of nitrogens with zero attached hydrogens (tertiary/aromatic N) is 1. The van der Waals surface area contributed by atoms with E-state index < -0.39 is 0 Å². The minimum absolute atomic E-state index is 0.289. The smallest absolute Gasteiger partial charge is 0.142 e. The molecule has 1 heterocycles. The normalized spacial score (nSPS) is 18.7. The summed E-state index contributed by atoms with van der Waals surface area (Å²) in [6.45, 7) is 7.23. The Morgan fingerprint density at radius 2 is 1.94 bits per heavy atom. The van der Waals surface area contributed by atoms with Gasteiger partial charge in [-0.25, -0.2) is 0 Å². The van der Waals surface area contributed by atoms with Crippen LogP contribution in [0.5, 0.6) is 5.75 Å². The molecular formula is C15H24N2O. The topological polar surface area (TPSA) is 24.5 Å². The van der Waals surface area contributed by atoms with Crippen molar-refractivity contribution in [3.8, 4) is 5.75 Å². The molecule has 1 aliphatic heterocycles. The second-order valence-electron chi connectivity index (χ2n) is 5.20. The highest BCUT2D eigenvalue weighted by atomic mass is 16.5. The Balaban J connectivity index is 2.09. The summed E-state index contributed by atoms with van der Waals surface area (Å²) in [6, 6.07) is 8.34. The van der Waals surface area contributed by atoms with Gasteiger partial charge in [0.05, 0.1) is 12.3 Å². The second kappa shape index (κ2) is 5.61. The number of rotatable bonds is 4. The van der Waals surface area contributed by atoms with Crippen molar-refractivity contribution >= 4 is 5.69 Å². The lowest BCUT2D eigenvalue weighted by Gasteiger charge is -2.40. The van der Waals surface area contributed by atoms with Gasteiger partial charge in [0.2, 0.25) is 0 Å². The van der Waals surface area contributed by atoms with E-state index in [1.807, 2.05) is 13.0 Å². The molecule has 0 unspecified atom stereocenters. The van der Waals surface area contributed by atoms with Crippen molar-refractivity contribution in [2.75, 3.05) is 31.6 Å². The summed E-state index contributed by atoms with van der Waals surface area (Å²) >= 11 is 0. The number of ether oxygens (including phenoxy) is 1. The van der Waals surface area contributed by atoms with Gasteiger partial charge in [-0.05, 0) is 45.9 Å². The number of hydrogen-bond acceptors (Lipinski definition) is 3. The zero-order chi connectivity index (χ0) is 13.0. The molecular weight excluding hydrogens is 224 g/mol. The van der Waals surface area contributed by atoms with Crippen molar-refractivity contribution in [1.29, 1.82) is 0 Å². The number of para-hydroxylation sites is 2. The van der Waals surface area contributed by atoms with Crippen LogP contribution in [0, 0.1) is 0 Å². The molecule has 1 saturated heterocycles. The molecule has 100 valence electrons. The standard InChI is InChI=1S/C15H24N2O/c1-4-18-14-8-6-5-7-13(14)17-11-9-15(2,16-3)10-12-17/h5-8,16H,4,9-12H2,1-3H3. The van der Waals surface area contributed by atoms with Crippen molar-refractivity contribution in [3.05, 3.63) is 24.3 Å². The third kappa shape index (κ3) is 2.78. The van der Waals surface area contributed by atoms with Gasteiger partial charge < -0.3 is 15.0 Å². The van der Waals surface area contributed by atoms with Crippen LogP contribution < -0.4 is 15.0 Å². The molecule has 0 amide bonds. The van der Waals surface area contributed by atoms with Gasteiger partial charge >= 0.3 is 0 Å². The summed E-state index contributed by atoms with van der Waals surface area (Å²) in [5.74, 6) is 1.01. The van der Waals surface area contributed by atoms with Crippen molar-refractivity contribution in [1.82, 2.24) is 5.32 Å². The van der Waals surface area contributed by atoms with Crippen LogP contribution in [0.25, 0.3) is 0 Å². The van der Waals surface area contributed by atoms with Crippen LogP contribution in [0.3, 0.4) is 0 Å². The SMILES string of the molecule is CCOc1ccccc1N1CCC(C)(NC)CC1. The molecule has 1 aromatic rings. The monoisotopic (exact) mass is 248 g/mol. The van der Waals surface area contributed by atoms with Crippen LogP contribution in [0.4, 0.5) is 5.69 Å². The van der Waals surface area contributed by atoms with Crippen LogP contribution in [0.1, 0.15) is 26.7 Å². The molecule has 0 aromatic heterocycles. The predicted molar refractivity (Wildman–Crippen MR) is 76.5 cm³/mol. The molecule has 18 heavy (non-hydrogen) atoms. The molecule has 0 aliphatic carbocycles. The fraction of sp³-hybridized carbons (Fsp3) is 0.600. The van der Waals surface area contributed by atoms with Crippen molar-refractivity contribution in [2.45, 2.75) is 32.2 Å². The molecule has 2 rings (SSSR count). The van der Waals surface area contributed by atoms with Gasteiger partial charge in [-0.15, -0.1) is 0 Å². The Morgan fingerprint density at radius 3 is 2.56 bits per heavy atom. The number of piperidine rings is 1. The highest BCUT2D eigenvalue weighted by molar-refractivity contribution is 5.58. The van der Waals surface area contributed by atoms with Gasteiger partial charge in [0, 0.05) is 18.6 Å². The number of nitrogens with one attached hydrogen (secondary N) is 1. The lowest BCUT2D eigenvalue weighted by atomic mass is 9.89. The van der Waals surface area contributed by atoms with E-state index >= 15 is 0 Å². The zero-order valence-corrected chi connectivity index (χ0v) is 11.7. The summed E-state index contributed by atoms with van der Waals surface area (Å²) in [6.07, 6.45) is 2.34. The lowest BCUT2D eigenvalue weighted by molar-refractivity contribution is 0.301. The van der Waals surface area contributed by atoms with E-state index in [1.165, 1.54) is 18.5 Å². The molecule has 3 heteroatoms. The first-order valence-corrected chi connectivity index (χ1v) is 6.84. The first-order chi connectivity index (χ1) is 8.68. The van der Waals surface area contributed by atoms with Gasteiger partial charge in [-0.3, -0.25) is 0 Å². The summed E-state index contributed by atoms with van der Waals surface area (Å²) < 4.78 is 5.71. The molecule has 1 N–H and O–H groups in total. The minimum Gasteiger partial charge on any atom is -0.492 e. The summed E-state index contributed by atoms with van der Waals surface area (Å²) in [4.78, 5) is 2.43. The third-order valence-corrected chi connectivity index (χ3v) is 3.98. The van der Waals surface area contributed by atoms with Crippen LogP contribution in [0.2, 0.25) is 0 Å². The second-order valence-corrected chi connectivity index (χ2v) is 5.20. The average Bonchev–Trinajstić information content (AvgIpc) is 2.41. The van der Waals surface area contributed by atoms with Gasteiger partial charge in [-0.1, -0.05) is 12.1 Å². The molecule has 0 atom stereocenters. The maximum atomic E-state index is 5.71. The Kier molecular flexibility index (Phi) is 4.12.